The molecule has 1 unspecified atom stereocenters. The van der Waals surface area contributed by atoms with E-state index < -0.39 is 11.9 Å². The van der Waals surface area contributed by atoms with Gasteiger partial charge in [-0.05, 0) is 19.3 Å². The molecule has 0 saturated carbocycles. The Morgan fingerprint density at radius 1 is 1.06 bits per heavy atom. The number of hydrogen-bond donors (Lipinski definition) is 0. The van der Waals surface area contributed by atoms with E-state index in [1.807, 2.05) is 20.8 Å². The van der Waals surface area contributed by atoms with Crippen LogP contribution in [0.4, 0.5) is 0 Å². The monoisotopic (exact) mass is 244 g/mol. The molecule has 0 fully saturated rings. The third-order valence-electron chi connectivity index (χ3n) is 2.41. The molecule has 0 rings (SSSR count). The molecule has 0 aliphatic heterocycles. The maximum Gasteiger partial charge on any atom is 0.317 e. The van der Waals surface area contributed by atoms with Gasteiger partial charge in [-0.25, -0.2) is 0 Å². The highest BCUT2D eigenvalue weighted by Crippen LogP contribution is 2.08. The Hall–Kier alpha value is -1.06. The van der Waals surface area contributed by atoms with Crippen LogP contribution in [0.25, 0.3) is 0 Å². The highest BCUT2D eigenvalue weighted by molar-refractivity contribution is 5.91. The Kier molecular flexibility index (Phi) is 9.49. The van der Waals surface area contributed by atoms with Gasteiger partial charge in [-0.1, -0.05) is 33.6 Å². The highest BCUT2D eigenvalue weighted by Gasteiger charge is 2.16. The summed E-state index contributed by atoms with van der Waals surface area (Å²) in [6.07, 6.45) is 4.03. The predicted octanol–water partition coefficient (Wildman–Crippen LogP) is 2.84. The van der Waals surface area contributed by atoms with Crippen LogP contribution in [0.3, 0.4) is 0 Å². The molecule has 1 atom stereocenters. The molecule has 0 aromatic carbocycles. The minimum Gasteiger partial charge on any atom is -0.465 e. The van der Waals surface area contributed by atoms with Crippen molar-refractivity contribution in [1.29, 1.82) is 0 Å². The van der Waals surface area contributed by atoms with Crippen LogP contribution in [0, 0.1) is 0 Å². The highest BCUT2D eigenvalue weighted by atomic mass is 16.6. The molecule has 4 nitrogen and oxygen atoms in total. The fraction of sp³-hybridized carbons (Fsp3) is 0.846. The lowest BCUT2D eigenvalue weighted by Gasteiger charge is -2.14. The largest absolute Gasteiger partial charge is 0.465 e. The lowest BCUT2D eigenvalue weighted by Crippen LogP contribution is -2.20. The summed E-state index contributed by atoms with van der Waals surface area (Å²) >= 11 is 0. The Labute approximate surface area is 104 Å². The topological polar surface area (TPSA) is 52.6 Å². The zero-order chi connectivity index (χ0) is 13.1. The average Bonchev–Trinajstić information content (AvgIpc) is 2.28. The summed E-state index contributed by atoms with van der Waals surface area (Å²) < 4.78 is 10.1. The minimum atomic E-state index is -0.491. The summed E-state index contributed by atoms with van der Waals surface area (Å²) in [5.41, 5.74) is 0. The third kappa shape index (κ3) is 8.72. The maximum atomic E-state index is 11.4. The first kappa shape index (κ1) is 15.9. The van der Waals surface area contributed by atoms with Gasteiger partial charge in [0.1, 0.15) is 12.5 Å². The number of rotatable bonds is 9. The zero-order valence-electron chi connectivity index (χ0n) is 11.2. The van der Waals surface area contributed by atoms with E-state index in [4.69, 9.17) is 9.47 Å². The summed E-state index contributed by atoms with van der Waals surface area (Å²) in [4.78, 5) is 22.6. The van der Waals surface area contributed by atoms with Crippen molar-refractivity contribution in [3.05, 3.63) is 0 Å². The van der Waals surface area contributed by atoms with Crippen LogP contribution in [-0.4, -0.2) is 24.6 Å². The van der Waals surface area contributed by atoms with Gasteiger partial charge in [0, 0.05) is 0 Å². The number of hydrogen-bond acceptors (Lipinski definition) is 4. The molecule has 0 heterocycles. The van der Waals surface area contributed by atoms with E-state index in [0.29, 0.717) is 6.61 Å². The Bertz CT molecular complexity index is 225. The van der Waals surface area contributed by atoms with Gasteiger partial charge in [0.05, 0.1) is 6.61 Å². The van der Waals surface area contributed by atoms with Gasteiger partial charge in [0.25, 0.3) is 0 Å². The van der Waals surface area contributed by atoms with Crippen LogP contribution < -0.4 is 0 Å². The molecule has 4 heteroatoms. The fourth-order valence-corrected chi connectivity index (χ4v) is 1.40. The van der Waals surface area contributed by atoms with Crippen molar-refractivity contribution < 1.29 is 19.1 Å². The van der Waals surface area contributed by atoms with E-state index in [-0.39, 0.29) is 12.5 Å². The SMILES string of the molecule is CCCCOC(=O)CC(=O)OC(CC)CCC. The van der Waals surface area contributed by atoms with Gasteiger partial charge >= 0.3 is 11.9 Å². The lowest BCUT2D eigenvalue weighted by atomic mass is 10.1. The molecule has 0 N–H and O–H groups in total. The van der Waals surface area contributed by atoms with Crippen LogP contribution in [0.5, 0.6) is 0 Å². The van der Waals surface area contributed by atoms with Crippen LogP contribution in [-0.2, 0) is 19.1 Å². The zero-order valence-corrected chi connectivity index (χ0v) is 11.2. The molecule has 0 spiro atoms. The molecule has 100 valence electrons. The Balaban J connectivity index is 3.79. The van der Waals surface area contributed by atoms with E-state index >= 15 is 0 Å². The number of ether oxygens (including phenoxy) is 2. The van der Waals surface area contributed by atoms with E-state index in [1.54, 1.807) is 0 Å². The summed E-state index contributed by atoms with van der Waals surface area (Å²) in [6, 6.07) is 0. The quantitative estimate of drug-likeness (QED) is 0.355. The first-order chi connectivity index (χ1) is 8.13. The number of unbranched alkanes of at least 4 members (excludes halogenated alkanes) is 1. The van der Waals surface area contributed by atoms with Crippen molar-refractivity contribution in [3.63, 3.8) is 0 Å². The standard InChI is InChI=1S/C13H24O4/c1-4-7-9-16-12(14)10-13(15)17-11(6-3)8-5-2/h11H,4-10H2,1-3H3. The Morgan fingerprint density at radius 3 is 2.29 bits per heavy atom. The van der Waals surface area contributed by atoms with E-state index in [1.165, 1.54) is 0 Å². The van der Waals surface area contributed by atoms with Crippen molar-refractivity contribution in [2.24, 2.45) is 0 Å². The van der Waals surface area contributed by atoms with Crippen molar-refractivity contribution in [3.8, 4) is 0 Å². The van der Waals surface area contributed by atoms with Gasteiger partial charge in [-0.2, -0.15) is 0 Å². The van der Waals surface area contributed by atoms with Gasteiger partial charge < -0.3 is 9.47 Å². The summed E-state index contributed by atoms with van der Waals surface area (Å²) in [7, 11) is 0. The molecule has 0 aromatic rings. The first-order valence-corrected chi connectivity index (χ1v) is 6.49. The molecule has 0 aliphatic carbocycles. The second-order valence-electron chi connectivity index (χ2n) is 4.06. The molecule has 0 amide bonds. The van der Waals surface area contributed by atoms with E-state index in [9.17, 15) is 9.59 Å². The molecule has 0 aromatic heterocycles. The van der Waals surface area contributed by atoms with Crippen LogP contribution in [0.15, 0.2) is 0 Å². The number of carbonyl (C=O) groups excluding carboxylic acids is 2. The van der Waals surface area contributed by atoms with E-state index in [0.717, 1.165) is 32.1 Å². The summed E-state index contributed by atoms with van der Waals surface area (Å²) in [6.45, 7) is 6.40. The van der Waals surface area contributed by atoms with Crippen molar-refractivity contribution in [1.82, 2.24) is 0 Å². The molecule has 0 bridgehead atoms. The normalized spacial score (nSPS) is 11.9. The third-order valence-corrected chi connectivity index (χ3v) is 2.41. The van der Waals surface area contributed by atoms with Crippen LogP contribution in [0.1, 0.15) is 59.3 Å². The van der Waals surface area contributed by atoms with Crippen LogP contribution >= 0.6 is 0 Å². The Morgan fingerprint density at radius 2 is 1.76 bits per heavy atom. The molecular formula is C13H24O4. The van der Waals surface area contributed by atoms with Crippen molar-refractivity contribution in [2.45, 2.75) is 65.4 Å². The second kappa shape index (κ2) is 10.1. The molecule has 0 radical (unpaired) electrons. The van der Waals surface area contributed by atoms with Gasteiger partial charge in [-0.15, -0.1) is 0 Å². The summed E-state index contributed by atoms with van der Waals surface area (Å²) in [5, 5.41) is 0. The average molecular weight is 244 g/mol. The van der Waals surface area contributed by atoms with Gasteiger partial charge in [0.15, 0.2) is 0 Å². The molecule has 0 saturated heterocycles. The van der Waals surface area contributed by atoms with Crippen molar-refractivity contribution >= 4 is 11.9 Å². The predicted molar refractivity (Wildman–Crippen MR) is 65.6 cm³/mol. The lowest BCUT2D eigenvalue weighted by molar-refractivity contribution is -0.158. The van der Waals surface area contributed by atoms with Crippen molar-refractivity contribution in [2.75, 3.05) is 6.61 Å². The first-order valence-electron chi connectivity index (χ1n) is 6.49. The van der Waals surface area contributed by atoms with Gasteiger partial charge in [0.2, 0.25) is 0 Å². The second-order valence-corrected chi connectivity index (χ2v) is 4.06. The number of esters is 2. The van der Waals surface area contributed by atoms with Gasteiger partial charge in [-0.3, -0.25) is 9.59 Å². The number of carbonyl (C=O) groups is 2. The summed E-state index contributed by atoms with van der Waals surface area (Å²) in [5.74, 6) is -0.971. The van der Waals surface area contributed by atoms with E-state index in [2.05, 4.69) is 0 Å². The maximum absolute atomic E-state index is 11.4. The molecule has 0 aliphatic rings. The smallest absolute Gasteiger partial charge is 0.317 e. The fourth-order valence-electron chi connectivity index (χ4n) is 1.40. The van der Waals surface area contributed by atoms with Crippen LogP contribution in [0.2, 0.25) is 0 Å². The molecular weight excluding hydrogens is 220 g/mol. The minimum absolute atomic E-state index is 0.0732. The molecule has 17 heavy (non-hydrogen) atoms.